The number of hydrogen-bond acceptors (Lipinski definition) is 3. The van der Waals surface area contributed by atoms with Crippen LogP contribution in [0.5, 0.6) is 0 Å². The molecule has 0 aliphatic heterocycles. The molecule has 0 spiro atoms. The van der Waals surface area contributed by atoms with Gasteiger partial charge in [0, 0.05) is 12.7 Å². The van der Waals surface area contributed by atoms with Crippen LogP contribution in [0.2, 0.25) is 0 Å². The first-order chi connectivity index (χ1) is 6.13. The first kappa shape index (κ1) is 13.1. The van der Waals surface area contributed by atoms with E-state index in [4.69, 9.17) is 0 Å². The summed E-state index contributed by atoms with van der Waals surface area (Å²) in [4.78, 5) is 9.27. The Hall–Kier alpha value is 0.0969. The maximum atomic E-state index is 3.38. The van der Waals surface area contributed by atoms with Crippen molar-refractivity contribution < 1.29 is 0 Å². The van der Waals surface area contributed by atoms with E-state index in [1.807, 2.05) is 0 Å². The van der Waals surface area contributed by atoms with Crippen molar-refractivity contribution >= 4 is 9.12 Å². The van der Waals surface area contributed by atoms with Crippen molar-refractivity contribution in [2.45, 2.75) is 20.8 Å². The predicted octanol–water partition coefficient (Wildman–Crippen LogP) is 0.163. The van der Waals surface area contributed by atoms with E-state index in [9.17, 15) is 0 Å². The maximum absolute atomic E-state index is 3.38. The quantitative estimate of drug-likeness (QED) is 0.577. The van der Waals surface area contributed by atoms with Crippen LogP contribution in [0.15, 0.2) is 0 Å². The summed E-state index contributed by atoms with van der Waals surface area (Å²) in [5.41, 5.74) is 0. The average Bonchev–Trinajstić information content (AvgIpc) is 2.11. The van der Waals surface area contributed by atoms with Gasteiger partial charge in [-0.3, -0.25) is 0 Å². The van der Waals surface area contributed by atoms with Gasteiger partial charge >= 0.3 is 0 Å². The van der Waals surface area contributed by atoms with E-state index in [1.54, 1.807) is 0 Å². The zero-order valence-corrected chi connectivity index (χ0v) is 10.9. The van der Waals surface area contributed by atoms with Gasteiger partial charge in [0.05, 0.1) is 0 Å². The molecule has 80 valence electrons. The fourth-order valence-corrected chi connectivity index (χ4v) is 3.01. The van der Waals surface area contributed by atoms with Crippen molar-refractivity contribution in [3.05, 3.63) is 0 Å². The third-order valence-electron chi connectivity index (χ3n) is 2.21. The van der Waals surface area contributed by atoms with Crippen LogP contribution in [-0.4, -0.2) is 47.4 Å². The fraction of sp³-hybridized carbons (Fsp3) is 1.00. The van der Waals surface area contributed by atoms with E-state index in [0.717, 1.165) is 12.5 Å². The third kappa shape index (κ3) is 6.21. The van der Waals surface area contributed by atoms with Gasteiger partial charge in [-0.15, -0.1) is 0 Å². The minimum Gasteiger partial charge on any atom is -0.330 e. The summed E-state index contributed by atoms with van der Waals surface area (Å²) < 4.78 is 0. The van der Waals surface area contributed by atoms with Crippen LogP contribution in [0, 0.1) is 5.92 Å². The van der Waals surface area contributed by atoms with Crippen LogP contribution in [0.1, 0.15) is 20.8 Å². The summed E-state index contributed by atoms with van der Waals surface area (Å²) in [5.74, 6) is 0.767. The summed E-state index contributed by atoms with van der Waals surface area (Å²) in [6, 6.07) is 0. The highest BCUT2D eigenvalue weighted by Crippen LogP contribution is 1.97. The lowest BCUT2D eigenvalue weighted by Crippen LogP contribution is -2.52. The molecule has 0 heterocycles. The summed E-state index contributed by atoms with van der Waals surface area (Å²) in [7, 11) is 3.20. The SMILES string of the molecule is CCN(CC(C)C)C[SiH](NC)NC. The van der Waals surface area contributed by atoms with Gasteiger partial charge in [0.2, 0.25) is 0 Å². The molecule has 0 unspecified atom stereocenters. The summed E-state index contributed by atoms with van der Waals surface area (Å²) in [5, 5.41) is 0. The molecule has 0 atom stereocenters. The second-order valence-electron chi connectivity index (χ2n) is 3.88. The minimum absolute atomic E-state index is 0.767. The van der Waals surface area contributed by atoms with Crippen molar-refractivity contribution in [1.29, 1.82) is 0 Å². The smallest absolute Gasteiger partial charge is 0.198 e. The standard InChI is InChI=1S/C9H25N3Si/c1-6-12(7-9(2)3)8-13(10-4)11-5/h9-11,13H,6-8H2,1-5H3. The molecule has 4 heteroatoms. The minimum atomic E-state index is -0.901. The zero-order chi connectivity index (χ0) is 10.3. The molecule has 0 rings (SSSR count). The van der Waals surface area contributed by atoms with Crippen LogP contribution < -0.4 is 9.96 Å². The largest absolute Gasteiger partial charge is 0.330 e. The summed E-state index contributed by atoms with van der Waals surface area (Å²) >= 11 is 0. The lowest BCUT2D eigenvalue weighted by Gasteiger charge is -2.26. The van der Waals surface area contributed by atoms with Crippen molar-refractivity contribution in [2.24, 2.45) is 5.92 Å². The molecule has 0 saturated heterocycles. The molecule has 13 heavy (non-hydrogen) atoms. The Morgan fingerprint density at radius 1 is 1.23 bits per heavy atom. The molecule has 2 N–H and O–H groups in total. The van der Waals surface area contributed by atoms with Crippen LogP contribution in [-0.2, 0) is 0 Å². The van der Waals surface area contributed by atoms with E-state index in [1.165, 1.54) is 12.7 Å². The van der Waals surface area contributed by atoms with Gasteiger partial charge in [-0.2, -0.15) is 0 Å². The van der Waals surface area contributed by atoms with Gasteiger partial charge in [-0.05, 0) is 26.6 Å². The zero-order valence-electron chi connectivity index (χ0n) is 9.72. The third-order valence-corrected chi connectivity index (χ3v) is 4.48. The molecule has 0 fully saturated rings. The lowest BCUT2D eigenvalue weighted by atomic mass is 10.2. The molecule has 3 nitrogen and oxygen atoms in total. The van der Waals surface area contributed by atoms with Crippen LogP contribution in [0.3, 0.4) is 0 Å². The van der Waals surface area contributed by atoms with Crippen LogP contribution in [0.25, 0.3) is 0 Å². The molecule has 0 aromatic rings. The number of nitrogens with one attached hydrogen (secondary N) is 2. The van der Waals surface area contributed by atoms with E-state index >= 15 is 0 Å². The van der Waals surface area contributed by atoms with E-state index in [0.29, 0.717) is 0 Å². The second kappa shape index (κ2) is 7.50. The van der Waals surface area contributed by atoms with Gasteiger partial charge in [0.1, 0.15) is 0 Å². The average molecular weight is 203 g/mol. The van der Waals surface area contributed by atoms with Crippen molar-refractivity contribution in [3.8, 4) is 0 Å². The Balaban J connectivity index is 3.80. The van der Waals surface area contributed by atoms with Crippen LogP contribution in [0.4, 0.5) is 0 Å². The Morgan fingerprint density at radius 2 is 1.77 bits per heavy atom. The number of nitrogens with zero attached hydrogens (tertiary/aromatic N) is 1. The first-order valence-corrected chi connectivity index (χ1v) is 7.18. The van der Waals surface area contributed by atoms with E-state index < -0.39 is 9.12 Å². The molecule has 0 aromatic carbocycles. The molecule has 0 radical (unpaired) electrons. The molecule has 0 aromatic heterocycles. The monoisotopic (exact) mass is 203 g/mol. The fourth-order valence-electron chi connectivity index (χ4n) is 1.43. The van der Waals surface area contributed by atoms with E-state index in [-0.39, 0.29) is 0 Å². The van der Waals surface area contributed by atoms with Crippen molar-refractivity contribution in [2.75, 3.05) is 33.4 Å². The highest BCUT2D eigenvalue weighted by atomic mass is 28.3. The van der Waals surface area contributed by atoms with Crippen molar-refractivity contribution in [1.82, 2.24) is 14.9 Å². The molecule has 0 saturated carbocycles. The first-order valence-electron chi connectivity index (χ1n) is 5.20. The van der Waals surface area contributed by atoms with Gasteiger partial charge in [0.15, 0.2) is 9.12 Å². The normalized spacial score (nSPS) is 12.0. The molecular formula is C9H25N3Si. The second-order valence-corrected chi connectivity index (χ2v) is 6.50. The van der Waals surface area contributed by atoms with Gasteiger partial charge < -0.3 is 14.9 Å². The highest BCUT2D eigenvalue weighted by molar-refractivity contribution is 6.53. The van der Waals surface area contributed by atoms with Crippen molar-refractivity contribution in [3.63, 3.8) is 0 Å². The maximum Gasteiger partial charge on any atom is 0.198 e. The number of rotatable bonds is 7. The molecule has 0 bridgehead atoms. The Morgan fingerprint density at radius 3 is 2.08 bits per heavy atom. The summed E-state index contributed by atoms with van der Waals surface area (Å²) in [6.45, 7) is 9.16. The lowest BCUT2D eigenvalue weighted by molar-refractivity contribution is 0.290. The van der Waals surface area contributed by atoms with E-state index in [2.05, 4.69) is 49.7 Å². The molecule has 0 aliphatic carbocycles. The Bertz CT molecular complexity index is 115. The number of hydrogen-bond donors (Lipinski definition) is 2. The van der Waals surface area contributed by atoms with Gasteiger partial charge in [0.25, 0.3) is 0 Å². The molecule has 0 amide bonds. The predicted molar refractivity (Wildman–Crippen MR) is 62.2 cm³/mol. The highest BCUT2D eigenvalue weighted by Gasteiger charge is 2.12. The Kier molecular flexibility index (Phi) is 7.55. The van der Waals surface area contributed by atoms with Crippen LogP contribution >= 0.6 is 0 Å². The van der Waals surface area contributed by atoms with Gasteiger partial charge in [-0.25, -0.2) is 0 Å². The molecular weight excluding hydrogens is 178 g/mol. The summed E-state index contributed by atoms with van der Waals surface area (Å²) in [6.07, 6.45) is 1.21. The topological polar surface area (TPSA) is 27.3 Å². The Labute approximate surface area is 84.7 Å². The van der Waals surface area contributed by atoms with Gasteiger partial charge in [-0.1, -0.05) is 20.8 Å². The molecule has 0 aliphatic rings.